The summed E-state index contributed by atoms with van der Waals surface area (Å²) in [6.45, 7) is 1.83. The minimum absolute atomic E-state index is 0.426. The predicted molar refractivity (Wildman–Crippen MR) is 64.4 cm³/mol. The average Bonchev–Trinajstić information content (AvgIpc) is 1.56. The third-order valence-corrected chi connectivity index (χ3v) is 10.3. The Morgan fingerprint density at radius 1 is 0.909 bits per heavy atom. The zero-order chi connectivity index (χ0) is 9.28. The third-order valence-electron chi connectivity index (χ3n) is 0.930. The Bertz CT molecular complexity index is 111. The molecule has 0 aliphatic rings. The fourth-order valence-corrected chi connectivity index (χ4v) is 13.4. The van der Waals surface area contributed by atoms with E-state index in [1.54, 1.807) is 0 Å². The van der Waals surface area contributed by atoms with E-state index in [4.69, 9.17) is 64.1 Å². The van der Waals surface area contributed by atoms with Crippen LogP contribution in [0, 0.1) is 0 Å². The fraction of sp³-hybridized carbons (Fsp3) is 1.00. The molecule has 72 valence electrons. The van der Waals surface area contributed by atoms with Gasteiger partial charge in [0.1, 0.15) is 0 Å². The summed E-state index contributed by atoms with van der Waals surface area (Å²) in [5.74, 6) is 0. The van der Waals surface area contributed by atoms with Gasteiger partial charge in [-0.25, -0.2) is 0 Å². The normalized spacial score (nSPS) is 17.1. The van der Waals surface area contributed by atoms with Crippen molar-refractivity contribution in [2.24, 2.45) is 0 Å². The molecule has 0 aliphatic heterocycles. The second kappa shape index (κ2) is 4.79. The van der Waals surface area contributed by atoms with E-state index < -0.39 is 19.9 Å². The van der Waals surface area contributed by atoms with Crippen LogP contribution in [0.4, 0.5) is 0 Å². The molecule has 0 aromatic carbocycles. The van der Waals surface area contributed by atoms with Crippen LogP contribution in [0.25, 0.3) is 0 Å². The Hall–Kier alpha value is 2.44. The van der Waals surface area contributed by atoms with Crippen molar-refractivity contribution in [3.8, 4) is 0 Å². The van der Waals surface area contributed by atoms with E-state index in [1.165, 1.54) is 0 Å². The molecule has 0 saturated carbocycles. The van der Waals surface area contributed by atoms with E-state index in [9.17, 15) is 0 Å². The molecule has 0 atom stereocenters. The summed E-state index contributed by atoms with van der Waals surface area (Å²) in [6, 6.07) is 0. The van der Waals surface area contributed by atoms with Crippen LogP contribution in [0.2, 0.25) is 0 Å². The lowest BCUT2D eigenvalue weighted by atomic mass is 10.6. The minimum atomic E-state index is -2.31. The molecule has 0 aromatic rings. The fourth-order valence-electron chi connectivity index (χ4n) is 0.502. The molecular weight excluding hydrogens is 313 g/mol. The van der Waals surface area contributed by atoms with Gasteiger partial charge in [0.15, 0.2) is 0 Å². The standard InChI is InChI=1S/C3H6Cl6S2/c1-2-3(10(4,5)6)11(7,8)9/h3H,2H2,1H3. The molecule has 0 nitrogen and oxygen atoms in total. The number of rotatable bonds is 3. The summed E-state index contributed by atoms with van der Waals surface area (Å²) in [4.78, 5) is 0. The van der Waals surface area contributed by atoms with E-state index in [0.717, 1.165) is 0 Å². The molecule has 0 unspecified atom stereocenters. The first-order valence-electron chi connectivity index (χ1n) is 2.51. The van der Waals surface area contributed by atoms with E-state index in [2.05, 4.69) is 0 Å². The predicted octanol–water partition coefficient (Wildman–Crippen LogP) is 6.25. The zero-order valence-corrected chi connectivity index (χ0v) is 11.5. The van der Waals surface area contributed by atoms with Gasteiger partial charge in [0, 0.05) is 15.3 Å². The molecule has 8 heteroatoms. The Morgan fingerprint density at radius 2 is 1.18 bits per heavy atom. The van der Waals surface area contributed by atoms with Gasteiger partial charge in [0.05, 0.1) is 4.58 Å². The second-order valence-corrected chi connectivity index (χ2v) is 16.5. The molecule has 0 bridgehead atoms. The quantitative estimate of drug-likeness (QED) is 0.576. The van der Waals surface area contributed by atoms with Gasteiger partial charge in [-0.2, -0.15) is 0 Å². The van der Waals surface area contributed by atoms with Crippen molar-refractivity contribution in [1.82, 2.24) is 0 Å². The Morgan fingerprint density at radius 3 is 1.18 bits per heavy atom. The number of hydrogen-bond donors (Lipinski definition) is 0. The van der Waals surface area contributed by atoms with E-state index in [0.29, 0.717) is 6.42 Å². The molecule has 0 rings (SSSR count). The highest BCUT2D eigenvalue weighted by Crippen LogP contribution is 2.83. The zero-order valence-electron chi connectivity index (χ0n) is 5.37. The highest BCUT2D eigenvalue weighted by molar-refractivity contribution is 8.91. The lowest BCUT2D eigenvalue weighted by Crippen LogP contribution is -2.04. The third kappa shape index (κ3) is 5.02. The van der Waals surface area contributed by atoms with Crippen molar-refractivity contribution in [1.29, 1.82) is 0 Å². The Balaban J connectivity index is 4.43. The SMILES string of the molecule is CCC(S(Cl)(Cl)Cl)S(Cl)(Cl)Cl. The Labute approximate surface area is 96.4 Å². The molecule has 0 spiro atoms. The summed E-state index contributed by atoms with van der Waals surface area (Å²) in [7, 11) is 29.4. The van der Waals surface area contributed by atoms with Crippen LogP contribution in [-0.4, -0.2) is 4.58 Å². The van der Waals surface area contributed by atoms with Gasteiger partial charge in [-0.05, 0) is 70.5 Å². The van der Waals surface area contributed by atoms with E-state index in [-0.39, 0.29) is 0 Å². The van der Waals surface area contributed by atoms with Crippen LogP contribution in [0.5, 0.6) is 0 Å². The first kappa shape index (κ1) is 13.4. The highest BCUT2D eigenvalue weighted by atomic mass is 36.2. The molecule has 0 aromatic heterocycles. The van der Waals surface area contributed by atoms with Gasteiger partial charge in [0.25, 0.3) is 0 Å². The summed E-state index contributed by atoms with van der Waals surface area (Å²) in [5, 5.41) is 0. The monoisotopic (exact) mass is 316 g/mol. The van der Waals surface area contributed by atoms with Crippen molar-refractivity contribution in [3.63, 3.8) is 0 Å². The molecule has 0 fully saturated rings. The lowest BCUT2D eigenvalue weighted by Gasteiger charge is -2.34. The van der Waals surface area contributed by atoms with Crippen LogP contribution in [0.1, 0.15) is 13.3 Å². The molecule has 0 N–H and O–H groups in total. The van der Waals surface area contributed by atoms with Gasteiger partial charge in [-0.15, -0.1) is 0 Å². The van der Waals surface area contributed by atoms with Crippen LogP contribution in [-0.2, 0) is 0 Å². The van der Waals surface area contributed by atoms with Crippen LogP contribution >= 0.6 is 79.4 Å². The van der Waals surface area contributed by atoms with Gasteiger partial charge in [-0.3, -0.25) is 0 Å². The van der Waals surface area contributed by atoms with Crippen molar-refractivity contribution >= 4 is 79.4 Å². The summed E-state index contributed by atoms with van der Waals surface area (Å²) >= 11 is 0. The molecule has 0 heterocycles. The van der Waals surface area contributed by atoms with Crippen molar-refractivity contribution in [3.05, 3.63) is 0 Å². The minimum Gasteiger partial charge on any atom is -0.0634 e. The van der Waals surface area contributed by atoms with E-state index >= 15 is 0 Å². The van der Waals surface area contributed by atoms with Crippen molar-refractivity contribution in [2.45, 2.75) is 17.9 Å². The van der Waals surface area contributed by atoms with Gasteiger partial charge < -0.3 is 0 Å². The maximum absolute atomic E-state index is 5.67. The molecule has 0 amide bonds. The molecule has 11 heavy (non-hydrogen) atoms. The number of hydrogen-bond acceptors (Lipinski definition) is 0. The van der Waals surface area contributed by atoms with Gasteiger partial charge >= 0.3 is 0 Å². The summed E-state index contributed by atoms with van der Waals surface area (Å²) < 4.78 is -0.426. The lowest BCUT2D eigenvalue weighted by molar-refractivity contribution is 1.06. The van der Waals surface area contributed by atoms with Crippen molar-refractivity contribution in [2.75, 3.05) is 0 Å². The van der Waals surface area contributed by atoms with Gasteiger partial charge in [0.2, 0.25) is 0 Å². The topological polar surface area (TPSA) is 0 Å². The first-order valence-corrected chi connectivity index (χ1v) is 10.9. The summed E-state index contributed by atoms with van der Waals surface area (Å²) in [5.41, 5.74) is 0. The number of halogens is 6. The van der Waals surface area contributed by atoms with Crippen molar-refractivity contribution < 1.29 is 0 Å². The van der Waals surface area contributed by atoms with Gasteiger partial charge in [-0.1, -0.05) is 6.92 Å². The summed E-state index contributed by atoms with van der Waals surface area (Å²) in [6.07, 6.45) is 0.567. The first-order chi connectivity index (χ1) is 4.69. The highest BCUT2D eigenvalue weighted by Gasteiger charge is 2.38. The average molecular weight is 319 g/mol. The smallest absolute Gasteiger partial charge is 0.0634 e. The van der Waals surface area contributed by atoms with Crippen LogP contribution < -0.4 is 0 Å². The van der Waals surface area contributed by atoms with Crippen LogP contribution in [0.15, 0.2) is 0 Å². The largest absolute Gasteiger partial charge is 0.0958 e. The Kier molecular flexibility index (Phi) is 5.85. The molecule has 0 aliphatic carbocycles. The van der Waals surface area contributed by atoms with Crippen LogP contribution in [0.3, 0.4) is 0 Å². The molecule has 0 radical (unpaired) electrons. The maximum atomic E-state index is 5.67. The maximum Gasteiger partial charge on any atom is 0.0958 e. The van der Waals surface area contributed by atoms with E-state index in [1.807, 2.05) is 6.92 Å². The molecule has 0 saturated heterocycles. The molecular formula is C3H6Cl6S2. The second-order valence-electron chi connectivity index (χ2n) is 1.72.